The number of carbonyl (C=O) groups is 2. The summed E-state index contributed by atoms with van der Waals surface area (Å²) in [7, 11) is 1.78. The number of ether oxygens (including phenoxy) is 1. The zero-order valence-corrected chi connectivity index (χ0v) is 21.5. The van der Waals surface area contributed by atoms with Crippen molar-refractivity contribution in [3.05, 3.63) is 35.5 Å². The summed E-state index contributed by atoms with van der Waals surface area (Å²) in [6.45, 7) is 5.12. The fourth-order valence-electron chi connectivity index (χ4n) is 4.35. The minimum absolute atomic E-state index is 0.0253. The van der Waals surface area contributed by atoms with Crippen LogP contribution in [0, 0.1) is 0 Å². The molecule has 2 aliphatic rings. The number of rotatable bonds is 9. The number of halogens is 3. The average molecular weight is 536 g/mol. The first-order chi connectivity index (χ1) is 18.2. The third-order valence-electron chi connectivity index (χ3n) is 6.59. The molecule has 2 aliphatic heterocycles. The highest BCUT2D eigenvalue weighted by Gasteiger charge is 2.35. The number of carbonyl (C=O) groups excluding carboxylic acids is 2. The van der Waals surface area contributed by atoms with Crippen LogP contribution in [0.3, 0.4) is 0 Å². The molecule has 2 saturated heterocycles. The highest BCUT2D eigenvalue weighted by Crippen LogP contribution is 2.34. The number of nitrogens with zero attached hydrogens (tertiary/aromatic N) is 5. The Morgan fingerprint density at radius 1 is 1.16 bits per heavy atom. The van der Waals surface area contributed by atoms with Crippen LogP contribution >= 0.6 is 0 Å². The molecule has 38 heavy (non-hydrogen) atoms. The van der Waals surface area contributed by atoms with E-state index in [4.69, 9.17) is 4.74 Å². The van der Waals surface area contributed by atoms with Crippen molar-refractivity contribution in [3.8, 4) is 0 Å². The maximum absolute atomic E-state index is 13.6. The molecule has 2 fully saturated rings. The number of nitrogens with one attached hydrogen (secondary N) is 2. The Bertz CT molecular complexity index is 1160. The molecule has 2 N–H and O–H groups in total. The molecule has 0 radical (unpaired) electrons. The lowest BCUT2D eigenvalue weighted by atomic mass is 10.1. The molecular formula is C25H32F3N7O3. The van der Waals surface area contributed by atoms with Crippen LogP contribution in [-0.2, 0) is 22.1 Å². The van der Waals surface area contributed by atoms with Gasteiger partial charge in [0.05, 0.1) is 13.2 Å². The summed E-state index contributed by atoms with van der Waals surface area (Å²) in [5.41, 5.74) is 1.53. The van der Waals surface area contributed by atoms with Gasteiger partial charge in [-0.05, 0) is 43.0 Å². The monoisotopic (exact) mass is 535 g/mol. The van der Waals surface area contributed by atoms with Gasteiger partial charge in [0, 0.05) is 57.3 Å². The van der Waals surface area contributed by atoms with E-state index in [1.165, 1.54) is 4.90 Å². The van der Waals surface area contributed by atoms with E-state index in [9.17, 15) is 22.8 Å². The third kappa shape index (κ3) is 6.56. The molecule has 0 spiro atoms. The Labute approximate surface area is 219 Å². The van der Waals surface area contributed by atoms with E-state index in [0.29, 0.717) is 57.9 Å². The van der Waals surface area contributed by atoms with Crippen molar-refractivity contribution in [1.82, 2.24) is 19.8 Å². The number of aryl methyl sites for hydroxylation is 1. The molecule has 1 aromatic carbocycles. The normalized spacial score (nSPS) is 16.5. The second kappa shape index (κ2) is 11.7. The topological polar surface area (TPSA) is 103 Å². The van der Waals surface area contributed by atoms with Crippen LogP contribution in [0.4, 0.5) is 41.1 Å². The third-order valence-corrected chi connectivity index (χ3v) is 6.59. The van der Waals surface area contributed by atoms with Crippen LogP contribution in [0.1, 0.15) is 30.9 Å². The van der Waals surface area contributed by atoms with E-state index in [1.54, 1.807) is 11.9 Å². The lowest BCUT2D eigenvalue weighted by Gasteiger charge is -2.34. The van der Waals surface area contributed by atoms with Gasteiger partial charge in [-0.2, -0.15) is 18.2 Å². The van der Waals surface area contributed by atoms with E-state index in [2.05, 4.69) is 20.6 Å². The number of piperazine rings is 1. The van der Waals surface area contributed by atoms with Gasteiger partial charge in [-0.1, -0.05) is 6.92 Å². The molecule has 10 nitrogen and oxygen atoms in total. The van der Waals surface area contributed by atoms with Crippen molar-refractivity contribution in [2.24, 2.45) is 0 Å². The summed E-state index contributed by atoms with van der Waals surface area (Å²) in [5.74, 6) is -0.260. The standard InChI is InChI=1S/C25H32F3N7O3/c1-3-17-14-18(35-12-11-33(2)21(36)16-35)6-7-20(17)31-23-30-15-19(25(26,27)28)22(32-23)29-8-4-9-34-10-5-13-38-24(34)37/h6-7,14-15H,3-5,8-13,16H2,1-2H3,(H2,29,30,31,32). The number of amides is 2. The first-order valence-corrected chi connectivity index (χ1v) is 12.6. The van der Waals surface area contributed by atoms with E-state index in [0.717, 1.165) is 23.9 Å². The van der Waals surface area contributed by atoms with Crippen LogP contribution in [0.5, 0.6) is 0 Å². The molecular weight excluding hydrogens is 503 g/mol. The minimum atomic E-state index is -4.63. The Hall–Kier alpha value is -3.77. The van der Waals surface area contributed by atoms with Crippen molar-refractivity contribution in [2.75, 3.05) is 68.5 Å². The summed E-state index contributed by atoms with van der Waals surface area (Å²) >= 11 is 0. The van der Waals surface area contributed by atoms with Crippen LogP contribution in [0.15, 0.2) is 24.4 Å². The second-order valence-electron chi connectivity index (χ2n) is 9.25. The van der Waals surface area contributed by atoms with E-state index >= 15 is 0 Å². The van der Waals surface area contributed by atoms with Crippen molar-refractivity contribution in [2.45, 2.75) is 32.4 Å². The Balaban J connectivity index is 1.46. The maximum Gasteiger partial charge on any atom is 0.421 e. The number of hydrogen-bond acceptors (Lipinski definition) is 8. The van der Waals surface area contributed by atoms with Gasteiger partial charge < -0.3 is 30.1 Å². The summed E-state index contributed by atoms with van der Waals surface area (Å²) < 4.78 is 45.8. The molecule has 13 heteroatoms. The highest BCUT2D eigenvalue weighted by molar-refractivity contribution is 5.83. The molecule has 0 aliphatic carbocycles. The minimum Gasteiger partial charge on any atom is -0.449 e. The van der Waals surface area contributed by atoms with Crippen molar-refractivity contribution < 1.29 is 27.5 Å². The van der Waals surface area contributed by atoms with Crippen LogP contribution in [0.25, 0.3) is 0 Å². The zero-order chi connectivity index (χ0) is 27.3. The molecule has 3 heterocycles. The van der Waals surface area contributed by atoms with Crippen LogP contribution < -0.4 is 15.5 Å². The quantitative estimate of drug-likeness (QED) is 0.469. The summed E-state index contributed by atoms with van der Waals surface area (Å²) in [4.78, 5) is 37.1. The largest absolute Gasteiger partial charge is 0.449 e. The second-order valence-corrected chi connectivity index (χ2v) is 9.25. The number of anilines is 4. The van der Waals surface area contributed by atoms with Crippen LogP contribution in [0.2, 0.25) is 0 Å². The van der Waals surface area contributed by atoms with Gasteiger partial charge >= 0.3 is 12.3 Å². The molecule has 0 unspecified atom stereocenters. The first-order valence-electron chi connectivity index (χ1n) is 12.6. The molecule has 0 atom stereocenters. The predicted molar refractivity (Wildman–Crippen MR) is 137 cm³/mol. The van der Waals surface area contributed by atoms with Crippen molar-refractivity contribution in [1.29, 1.82) is 0 Å². The fraction of sp³-hybridized carbons (Fsp3) is 0.520. The number of likely N-dealkylation sites (N-methyl/N-ethyl adjacent to an activating group) is 1. The number of cyclic esters (lactones) is 1. The molecule has 2 aromatic rings. The number of alkyl halides is 3. The lowest BCUT2D eigenvalue weighted by Crippen LogP contribution is -2.48. The number of aromatic nitrogens is 2. The van der Waals surface area contributed by atoms with Gasteiger partial charge in [0.15, 0.2) is 0 Å². The molecule has 0 bridgehead atoms. The fourth-order valence-corrected chi connectivity index (χ4v) is 4.35. The van der Waals surface area contributed by atoms with E-state index in [1.807, 2.05) is 30.0 Å². The van der Waals surface area contributed by atoms with Gasteiger partial charge in [0.1, 0.15) is 11.4 Å². The Morgan fingerprint density at radius 2 is 1.97 bits per heavy atom. The zero-order valence-electron chi connectivity index (χ0n) is 21.5. The van der Waals surface area contributed by atoms with E-state index < -0.39 is 17.8 Å². The summed E-state index contributed by atoms with van der Waals surface area (Å²) in [6.07, 6.45) is -2.47. The summed E-state index contributed by atoms with van der Waals surface area (Å²) in [5, 5.41) is 5.80. The number of hydrogen-bond donors (Lipinski definition) is 2. The Morgan fingerprint density at radius 3 is 2.68 bits per heavy atom. The van der Waals surface area contributed by atoms with Gasteiger partial charge in [-0.3, -0.25) is 4.79 Å². The van der Waals surface area contributed by atoms with Gasteiger partial charge in [-0.15, -0.1) is 0 Å². The molecule has 4 rings (SSSR count). The SMILES string of the molecule is CCc1cc(N2CCN(C)C(=O)C2)ccc1Nc1ncc(C(F)(F)F)c(NCCCN2CCCOC2=O)n1. The molecule has 1 aromatic heterocycles. The smallest absolute Gasteiger partial charge is 0.421 e. The van der Waals surface area contributed by atoms with Crippen LogP contribution in [-0.4, -0.2) is 84.7 Å². The number of benzene rings is 1. The molecule has 0 saturated carbocycles. The van der Waals surface area contributed by atoms with Gasteiger partial charge in [0.2, 0.25) is 11.9 Å². The maximum atomic E-state index is 13.6. The van der Waals surface area contributed by atoms with E-state index in [-0.39, 0.29) is 24.2 Å². The van der Waals surface area contributed by atoms with Crippen molar-refractivity contribution >= 4 is 35.1 Å². The highest BCUT2D eigenvalue weighted by atomic mass is 19.4. The van der Waals surface area contributed by atoms with Crippen molar-refractivity contribution in [3.63, 3.8) is 0 Å². The average Bonchev–Trinajstić information content (AvgIpc) is 2.89. The van der Waals surface area contributed by atoms with Gasteiger partial charge in [0.25, 0.3) is 0 Å². The predicted octanol–water partition coefficient (Wildman–Crippen LogP) is 3.72. The summed E-state index contributed by atoms with van der Waals surface area (Å²) in [6, 6.07) is 5.66. The van der Waals surface area contributed by atoms with Gasteiger partial charge in [-0.25, -0.2) is 9.78 Å². The Kier molecular flexibility index (Phi) is 8.42. The lowest BCUT2D eigenvalue weighted by molar-refractivity contribution is -0.137. The molecule has 206 valence electrons. The molecule has 2 amide bonds. The first kappa shape index (κ1) is 27.3.